The highest BCUT2D eigenvalue weighted by molar-refractivity contribution is 5.93. The van der Waals surface area contributed by atoms with Gasteiger partial charge in [0.05, 0.1) is 12.7 Å². The minimum atomic E-state index is -0.0207. The minimum Gasteiger partial charge on any atom is -0.372 e. The highest BCUT2D eigenvalue weighted by Crippen LogP contribution is 2.31. The Morgan fingerprint density at radius 2 is 1.76 bits per heavy atom. The summed E-state index contributed by atoms with van der Waals surface area (Å²) in [6.45, 7) is 12.9. The number of carbonyl (C=O) groups is 1. The lowest BCUT2D eigenvalue weighted by atomic mass is 9.92. The Bertz CT molecular complexity index is 817. The number of anilines is 2. The Balaban J connectivity index is 1.70. The molecule has 1 atom stereocenters. The molecule has 1 amide bonds. The lowest BCUT2D eigenvalue weighted by Gasteiger charge is -2.25. The Kier molecular flexibility index (Phi) is 6.63. The smallest absolute Gasteiger partial charge is 0.224 e. The van der Waals surface area contributed by atoms with Gasteiger partial charge in [-0.25, -0.2) is 0 Å². The zero-order valence-corrected chi connectivity index (χ0v) is 18.4. The van der Waals surface area contributed by atoms with E-state index in [1.807, 2.05) is 6.07 Å². The summed E-state index contributed by atoms with van der Waals surface area (Å²) in [5.74, 6) is 0.0744. The predicted molar refractivity (Wildman–Crippen MR) is 121 cm³/mol. The van der Waals surface area contributed by atoms with E-state index < -0.39 is 0 Å². The van der Waals surface area contributed by atoms with E-state index in [2.05, 4.69) is 81.2 Å². The second-order valence-corrected chi connectivity index (χ2v) is 9.29. The van der Waals surface area contributed by atoms with Crippen molar-refractivity contribution < 1.29 is 9.53 Å². The van der Waals surface area contributed by atoms with E-state index in [1.54, 1.807) is 0 Å². The van der Waals surface area contributed by atoms with Gasteiger partial charge in [-0.3, -0.25) is 4.79 Å². The summed E-state index contributed by atoms with van der Waals surface area (Å²) in [6, 6.07) is 14.8. The number of hydrogen-bond acceptors (Lipinski definition) is 3. The topological polar surface area (TPSA) is 41.6 Å². The second-order valence-electron chi connectivity index (χ2n) is 9.29. The van der Waals surface area contributed by atoms with Crippen molar-refractivity contribution >= 4 is 17.3 Å². The Labute approximate surface area is 175 Å². The van der Waals surface area contributed by atoms with Gasteiger partial charge in [0.25, 0.3) is 0 Å². The van der Waals surface area contributed by atoms with E-state index in [9.17, 15) is 4.79 Å². The molecule has 0 aliphatic carbocycles. The molecule has 0 saturated carbocycles. The molecule has 1 fully saturated rings. The van der Waals surface area contributed by atoms with E-state index in [4.69, 9.17) is 4.74 Å². The van der Waals surface area contributed by atoms with Crippen LogP contribution in [0.1, 0.15) is 56.4 Å². The monoisotopic (exact) mass is 394 g/mol. The van der Waals surface area contributed by atoms with Gasteiger partial charge < -0.3 is 15.0 Å². The number of ether oxygens (including phenoxy) is 1. The number of benzene rings is 2. The van der Waals surface area contributed by atoms with Crippen LogP contribution in [0.5, 0.6) is 0 Å². The molecule has 0 unspecified atom stereocenters. The van der Waals surface area contributed by atoms with Gasteiger partial charge in [0.15, 0.2) is 0 Å². The average molecular weight is 395 g/mol. The van der Waals surface area contributed by atoms with Gasteiger partial charge >= 0.3 is 0 Å². The summed E-state index contributed by atoms with van der Waals surface area (Å²) in [4.78, 5) is 14.8. The van der Waals surface area contributed by atoms with Gasteiger partial charge in [0, 0.05) is 30.9 Å². The van der Waals surface area contributed by atoms with Gasteiger partial charge in [-0.2, -0.15) is 0 Å². The normalized spacial score (nSPS) is 17.7. The number of hydrogen-bond donors (Lipinski definition) is 1. The maximum Gasteiger partial charge on any atom is 0.224 e. The standard InChI is InChI=1S/C25H34N2O2/c1-18-15-21(16-19(2)24(18)26-23(28)17-25(3,4)5)27-12-11-22(29-14-13-27)20-9-7-6-8-10-20/h6-10,15-16,22H,11-14,17H2,1-5H3,(H,26,28)/t22-/m0/s1. The maximum atomic E-state index is 12.4. The number of amides is 1. The molecular weight excluding hydrogens is 360 g/mol. The molecule has 1 saturated heterocycles. The lowest BCUT2D eigenvalue weighted by Crippen LogP contribution is -2.26. The van der Waals surface area contributed by atoms with Crippen LogP contribution in [0.15, 0.2) is 42.5 Å². The molecule has 29 heavy (non-hydrogen) atoms. The number of rotatable bonds is 4. The van der Waals surface area contributed by atoms with E-state index in [-0.39, 0.29) is 17.4 Å². The van der Waals surface area contributed by atoms with E-state index in [0.29, 0.717) is 13.0 Å². The molecule has 2 aromatic carbocycles. The fraction of sp³-hybridized carbons (Fsp3) is 0.480. The van der Waals surface area contributed by atoms with E-state index in [1.165, 1.54) is 11.3 Å². The summed E-state index contributed by atoms with van der Waals surface area (Å²) in [5.41, 5.74) is 5.58. The predicted octanol–water partition coefficient (Wildman–Crippen LogP) is 5.65. The van der Waals surface area contributed by atoms with Gasteiger partial charge in [-0.1, -0.05) is 51.1 Å². The minimum absolute atomic E-state index is 0.0207. The molecule has 156 valence electrons. The zero-order valence-electron chi connectivity index (χ0n) is 18.4. The molecule has 1 heterocycles. The molecule has 3 rings (SSSR count). The van der Waals surface area contributed by atoms with Crippen LogP contribution < -0.4 is 10.2 Å². The van der Waals surface area contributed by atoms with Gasteiger partial charge in [0.2, 0.25) is 5.91 Å². The molecule has 0 bridgehead atoms. The van der Waals surface area contributed by atoms with Crippen LogP contribution >= 0.6 is 0 Å². The van der Waals surface area contributed by atoms with Gasteiger partial charge in [0.1, 0.15) is 0 Å². The van der Waals surface area contributed by atoms with Crippen LogP contribution in [0, 0.1) is 19.3 Å². The van der Waals surface area contributed by atoms with E-state index in [0.717, 1.165) is 36.3 Å². The molecule has 1 aliphatic heterocycles. The SMILES string of the molecule is Cc1cc(N2CCO[C@H](c3ccccc3)CC2)cc(C)c1NC(=O)CC(C)(C)C. The number of nitrogens with one attached hydrogen (secondary N) is 1. The molecule has 0 spiro atoms. The first-order valence-electron chi connectivity index (χ1n) is 10.6. The third-order valence-electron chi connectivity index (χ3n) is 5.35. The first-order valence-corrected chi connectivity index (χ1v) is 10.6. The van der Waals surface area contributed by atoms with Crippen molar-refractivity contribution in [1.82, 2.24) is 0 Å². The lowest BCUT2D eigenvalue weighted by molar-refractivity contribution is -0.117. The van der Waals surface area contributed by atoms with Crippen LogP contribution in [0.4, 0.5) is 11.4 Å². The summed E-state index contributed by atoms with van der Waals surface area (Å²) >= 11 is 0. The molecule has 4 heteroatoms. The first kappa shape index (κ1) is 21.4. The van der Waals surface area contributed by atoms with Gasteiger partial charge in [-0.05, 0) is 54.5 Å². The van der Waals surface area contributed by atoms with Crippen molar-refractivity contribution in [2.24, 2.45) is 5.41 Å². The van der Waals surface area contributed by atoms with Crippen LogP contribution in [-0.4, -0.2) is 25.6 Å². The zero-order chi connectivity index (χ0) is 21.0. The Hall–Kier alpha value is -2.33. The van der Waals surface area contributed by atoms with Gasteiger partial charge in [-0.15, -0.1) is 0 Å². The Morgan fingerprint density at radius 1 is 1.10 bits per heavy atom. The second kappa shape index (κ2) is 9.00. The fourth-order valence-electron chi connectivity index (χ4n) is 3.95. The van der Waals surface area contributed by atoms with Crippen molar-refractivity contribution in [2.45, 2.75) is 53.6 Å². The number of carbonyl (C=O) groups excluding carboxylic acids is 1. The number of aryl methyl sites for hydroxylation is 2. The molecule has 4 nitrogen and oxygen atoms in total. The molecule has 1 aliphatic rings. The third-order valence-corrected chi connectivity index (χ3v) is 5.35. The van der Waals surface area contributed by atoms with Crippen molar-refractivity contribution in [2.75, 3.05) is 29.9 Å². The van der Waals surface area contributed by atoms with Crippen LogP contribution in [0.2, 0.25) is 0 Å². The highest BCUT2D eigenvalue weighted by atomic mass is 16.5. The molecule has 2 aromatic rings. The molecule has 0 aromatic heterocycles. The number of nitrogens with zero attached hydrogens (tertiary/aromatic N) is 1. The van der Waals surface area contributed by atoms with Crippen molar-refractivity contribution in [3.8, 4) is 0 Å². The Morgan fingerprint density at radius 3 is 2.38 bits per heavy atom. The quantitative estimate of drug-likeness (QED) is 0.729. The summed E-state index contributed by atoms with van der Waals surface area (Å²) in [7, 11) is 0. The third kappa shape index (κ3) is 5.83. The molecule has 0 radical (unpaired) electrons. The van der Waals surface area contributed by atoms with Crippen molar-refractivity contribution in [3.05, 3.63) is 59.2 Å². The van der Waals surface area contributed by atoms with Crippen LogP contribution in [0.25, 0.3) is 0 Å². The van der Waals surface area contributed by atoms with Crippen molar-refractivity contribution in [1.29, 1.82) is 0 Å². The largest absolute Gasteiger partial charge is 0.372 e. The summed E-state index contributed by atoms with van der Waals surface area (Å²) in [6.07, 6.45) is 1.63. The molecular formula is C25H34N2O2. The average Bonchev–Trinajstić information content (AvgIpc) is 2.90. The molecule has 1 N–H and O–H groups in total. The highest BCUT2D eigenvalue weighted by Gasteiger charge is 2.21. The first-order chi connectivity index (χ1) is 13.7. The van der Waals surface area contributed by atoms with E-state index >= 15 is 0 Å². The summed E-state index contributed by atoms with van der Waals surface area (Å²) in [5, 5.41) is 3.12. The van der Waals surface area contributed by atoms with Crippen LogP contribution in [-0.2, 0) is 9.53 Å². The van der Waals surface area contributed by atoms with Crippen molar-refractivity contribution in [3.63, 3.8) is 0 Å². The maximum absolute atomic E-state index is 12.4. The summed E-state index contributed by atoms with van der Waals surface area (Å²) < 4.78 is 6.13. The fourth-order valence-corrected chi connectivity index (χ4v) is 3.95. The van der Waals surface area contributed by atoms with Crippen LogP contribution in [0.3, 0.4) is 0 Å².